The Balaban J connectivity index is 2.12. The van der Waals surface area contributed by atoms with Crippen molar-refractivity contribution < 1.29 is 13.9 Å². The Morgan fingerprint density at radius 3 is 2.35 bits per heavy atom. The lowest BCUT2D eigenvalue weighted by Crippen LogP contribution is -2.16. The molecule has 0 heterocycles. The predicted molar refractivity (Wildman–Crippen MR) is 62.9 cm³/mol. The third kappa shape index (κ3) is 3.03. The third-order valence-electron chi connectivity index (χ3n) is 3.60. The van der Waals surface area contributed by atoms with Gasteiger partial charge in [-0.3, -0.25) is 0 Å². The summed E-state index contributed by atoms with van der Waals surface area (Å²) in [5.74, 6) is 0.233. The van der Waals surface area contributed by atoms with Gasteiger partial charge in [-0.05, 0) is 30.4 Å². The van der Waals surface area contributed by atoms with Crippen molar-refractivity contribution in [3.05, 3.63) is 35.4 Å². The summed E-state index contributed by atoms with van der Waals surface area (Å²) in [6.07, 6.45) is 2.44. The average Bonchev–Trinajstić information content (AvgIpc) is 2.39. The quantitative estimate of drug-likeness (QED) is 0.837. The van der Waals surface area contributed by atoms with Crippen molar-refractivity contribution in [2.45, 2.75) is 44.6 Å². The molecular formula is C14H18F2O. The van der Waals surface area contributed by atoms with Crippen LogP contribution in [-0.4, -0.2) is 5.11 Å². The topological polar surface area (TPSA) is 20.2 Å². The number of aliphatic hydroxyl groups is 1. The van der Waals surface area contributed by atoms with E-state index in [9.17, 15) is 13.9 Å². The van der Waals surface area contributed by atoms with Gasteiger partial charge in [0.2, 0.25) is 0 Å². The molecule has 2 rings (SSSR count). The van der Waals surface area contributed by atoms with Gasteiger partial charge in [-0.2, -0.15) is 0 Å². The highest BCUT2D eigenvalue weighted by molar-refractivity contribution is 5.26. The standard InChI is InChI=1S/C14H18F2O/c15-14(16)12-8-4-7-11(9-12)13(17)10-5-2-1-3-6-10/h4,7-10,13-14,17H,1-3,5-6H2. The number of rotatable bonds is 3. The van der Waals surface area contributed by atoms with Gasteiger partial charge in [-0.15, -0.1) is 0 Å². The van der Waals surface area contributed by atoms with Crippen LogP contribution in [0.2, 0.25) is 0 Å². The Kier molecular flexibility index (Phi) is 4.11. The summed E-state index contributed by atoms with van der Waals surface area (Å²) < 4.78 is 25.1. The predicted octanol–water partition coefficient (Wildman–Crippen LogP) is 4.24. The van der Waals surface area contributed by atoms with E-state index >= 15 is 0 Å². The molecule has 1 aliphatic rings. The number of aliphatic hydroxyl groups excluding tert-OH is 1. The number of halogens is 2. The summed E-state index contributed by atoms with van der Waals surface area (Å²) >= 11 is 0. The van der Waals surface area contributed by atoms with Crippen molar-refractivity contribution in [3.8, 4) is 0 Å². The second-order valence-electron chi connectivity index (χ2n) is 4.81. The monoisotopic (exact) mass is 240 g/mol. The van der Waals surface area contributed by atoms with E-state index in [2.05, 4.69) is 0 Å². The first-order valence-electron chi connectivity index (χ1n) is 6.24. The number of benzene rings is 1. The zero-order valence-corrected chi connectivity index (χ0v) is 9.78. The normalized spacial score (nSPS) is 19.5. The molecule has 1 aromatic carbocycles. The van der Waals surface area contributed by atoms with Crippen molar-refractivity contribution in [2.24, 2.45) is 5.92 Å². The van der Waals surface area contributed by atoms with Crippen molar-refractivity contribution >= 4 is 0 Å². The molecule has 17 heavy (non-hydrogen) atoms. The minimum atomic E-state index is -2.46. The van der Waals surface area contributed by atoms with Gasteiger partial charge < -0.3 is 5.11 Å². The fourth-order valence-electron chi connectivity index (χ4n) is 2.60. The smallest absolute Gasteiger partial charge is 0.263 e. The molecular weight excluding hydrogens is 222 g/mol. The Morgan fingerprint density at radius 1 is 1.06 bits per heavy atom. The van der Waals surface area contributed by atoms with Crippen LogP contribution in [-0.2, 0) is 0 Å². The maximum Gasteiger partial charge on any atom is 0.263 e. The first-order valence-corrected chi connectivity index (χ1v) is 6.24. The minimum Gasteiger partial charge on any atom is -0.388 e. The van der Waals surface area contributed by atoms with Crippen LogP contribution in [0, 0.1) is 5.92 Å². The lowest BCUT2D eigenvalue weighted by atomic mass is 9.82. The van der Waals surface area contributed by atoms with E-state index < -0.39 is 12.5 Å². The lowest BCUT2D eigenvalue weighted by molar-refractivity contribution is 0.0843. The van der Waals surface area contributed by atoms with Crippen molar-refractivity contribution in [1.82, 2.24) is 0 Å². The Labute approximate surface area is 100 Å². The van der Waals surface area contributed by atoms with Crippen LogP contribution in [0.5, 0.6) is 0 Å². The van der Waals surface area contributed by atoms with Gasteiger partial charge in [-0.25, -0.2) is 8.78 Å². The summed E-state index contributed by atoms with van der Waals surface area (Å²) in [5, 5.41) is 10.2. The summed E-state index contributed by atoms with van der Waals surface area (Å²) in [4.78, 5) is 0. The highest BCUT2D eigenvalue weighted by Crippen LogP contribution is 2.35. The second kappa shape index (κ2) is 5.58. The maximum atomic E-state index is 12.6. The third-order valence-corrected chi connectivity index (χ3v) is 3.60. The fourth-order valence-corrected chi connectivity index (χ4v) is 2.60. The van der Waals surface area contributed by atoms with Crippen LogP contribution in [0.3, 0.4) is 0 Å². The van der Waals surface area contributed by atoms with E-state index in [0.29, 0.717) is 5.56 Å². The van der Waals surface area contributed by atoms with Gasteiger partial charge in [0, 0.05) is 5.56 Å². The van der Waals surface area contributed by atoms with Crippen molar-refractivity contribution in [2.75, 3.05) is 0 Å². The maximum absolute atomic E-state index is 12.6. The summed E-state index contributed by atoms with van der Waals surface area (Å²) in [6, 6.07) is 6.18. The molecule has 1 N–H and O–H groups in total. The molecule has 3 heteroatoms. The van der Waals surface area contributed by atoms with Gasteiger partial charge >= 0.3 is 0 Å². The van der Waals surface area contributed by atoms with E-state index in [0.717, 1.165) is 25.7 Å². The zero-order chi connectivity index (χ0) is 12.3. The van der Waals surface area contributed by atoms with Crippen LogP contribution in [0.4, 0.5) is 8.78 Å². The highest BCUT2D eigenvalue weighted by Gasteiger charge is 2.23. The van der Waals surface area contributed by atoms with Gasteiger partial charge in [0.1, 0.15) is 0 Å². The molecule has 1 aliphatic carbocycles. The first kappa shape index (κ1) is 12.5. The van der Waals surface area contributed by atoms with Crippen molar-refractivity contribution in [3.63, 3.8) is 0 Å². The molecule has 94 valence electrons. The highest BCUT2D eigenvalue weighted by atomic mass is 19.3. The molecule has 1 nitrogen and oxygen atoms in total. The van der Waals surface area contributed by atoms with E-state index in [-0.39, 0.29) is 11.5 Å². The molecule has 0 saturated heterocycles. The molecule has 1 fully saturated rings. The Hall–Kier alpha value is -0.960. The molecule has 1 atom stereocenters. The number of alkyl halides is 2. The molecule has 1 unspecified atom stereocenters. The minimum absolute atomic E-state index is 0.00244. The zero-order valence-electron chi connectivity index (χ0n) is 9.78. The van der Waals surface area contributed by atoms with E-state index in [1.165, 1.54) is 18.6 Å². The van der Waals surface area contributed by atoms with Gasteiger partial charge in [0.05, 0.1) is 6.10 Å². The molecule has 0 amide bonds. The first-order chi connectivity index (χ1) is 8.18. The van der Waals surface area contributed by atoms with Gasteiger partial charge in [-0.1, -0.05) is 37.5 Å². The van der Waals surface area contributed by atoms with E-state index in [1.807, 2.05) is 0 Å². The average molecular weight is 240 g/mol. The van der Waals surface area contributed by atoms with Crippen LogP contribution in [0.15, 0.2) is 24.3 Å². The van der Waals surface area contributed by atoms with Crippen LogP contribution >= 0.6 is 0 Å². The van der Waals surface area contributed by atoms with Crippen molar-refractivity contribution in [1.29, 1.82) is 0 Å². The molecule has 0 radical (unpaired) electrons. The molecule has 0 aromatic heterocycles. The lowest BCUT2D eigenvalue weighted by Gasteiger charge is -2.27. The molecule has 0 spiro atoms. The van der Waals surface area contributed by atoms with Crippen LogP contribution in [0.25, 0.3) is 0 Å². The van der Waals surface area contributed by atoms with Crippen LogP contribution in [0.1, 0.15) is 55.8 Å². The number of hydrogen-bond donors (Lipinski definition) is 1. The molecule has 0 bridgehead atoms. The summed E-state index contributed by atoms with van der Waals surface area (Å²) in [7, 11) is 0. The molecule has 1 saturated carbocycles. The second-order valence-corrected chi connectivity index (χ2v) is 4.81. The van der Waals surface area contributed by atoms with Gasteiger partial charge in [0.25, 0.3) is 6.43 Å². The van der Waals surface area contributed by atoms with E-state index in [1.54, 1.807) is 12.1 Å². The SMILES string of the molecule is OC(c1cccc(C(F)F)c1)C1CCCCC1. The summed E-state index contributed by atoms with van der Waals surface area (Å²) in [6.45, 7) is 0. The largest absolute Gasteiger partial charge is 0.388 e. The number of hydrogen-bond acceptors (Lipinski definition) is 1. The van der Waals surface area contributed by atoms with Crippen LogP contribution < -0.4 is 0 Å². The van der Waals surface area contributed by atoms with E-state index in [4.69, 9.17) is 0 Å². The molecule has 1 aromatic rings. The Morgan fingerprint density at radius 2 is 1.71 bits per heavy atom. The fraction of sp³-hybridized carbons (Fsp3) is 0.571. The molecule has 0 aliphatic heterocycles. The summed E-state index contributed by atoms with van der Waals surface area (Å²) in [5.41, 5.74) is 0.632. The van der Waals surface area contributed by atoms with Gasteiger partial charge in [0.15, 0.2) is 0 Å². The Bertz CT molecular complexity index is 359.